The van der Waals surface area contributed by atoms with Gasteiger partial charge >= 0.3 is 0 Å². The molecule has 1 aromatic carbocycles. The number of nitrogens with zero attached hydrogens (tertiary/aromatic N) is 2. The summed E-state index contributed by atoms with van der Waals surface area (Å²) in [5.41, 5.74) is 2.74. The standard InChI is InChI=1S/C16H16N2O3/c1-9-12-6-5-11(20-4)7-14(12)21-16(9)15(19)13-8-18(3)17-10(13)2/h5-8H,1-4H3. The molecule has 5 nitrogen and oxygen atoms in total. The summed E-state index contributed by atoms with van der Waals surface area (Å²) in [4.78, 5) is 12.6. The van der Waals surface area contributed by atoms with Gasteiger partial charge in [-0.1, -0.05) is 0 Å². The molecule has 0 bridgehead atoms. The normalized spacial score (nSPS) is 11.0. The zero-order chi connectivity index (χ0) is 15.1. The van der Waals surface area contributed by atoms with E-state index in [4.69, 9.17) is 9.15 Å². The predicted octanol–water partition coefficient (Wildman–Crippen LogP) is 3.02. The zero-order valence-electron chi connectivity index (χ0n) is 12.4. The maximum Gasteiger partial charge on any atom is 0.231 e. The van der Waals surface area contributed by atoms with Gasteiger partial charge in [-0.3, -0.25) is 9.48 Å². The number of benzene rings is 1. The van der Waals surface area contributed by atoms with Crippen LogP contribution in [0.1, 0.15) is 27.4 Å². The van der Waals surface area contributed by atoms with Crippen LogP contribution in [-0.4, -0.2) is 22.7 Å². The van der Waals surface area contributed by atoms with Crippen molar-refractivity contribution in [2.24, 2.45) is 7.05 Å². The molecule has 0 aliphatic carbocycles. The molecule has 5 heteroatoms. The number of ketones is 1. The third-order valence-electron chi connectivity index (χ3n) is 3.61. The first-order valence-electron chi connectivity index (χ1n) is 6.63. The van der Waals surface area contributed by atoms with Gasteiger partial charge in [0.25, 0.3) is 0 Å². The molecule has 0 radical (unpaired) electrons. The van der Waals surface area contributed by atoms with Crippen LogP contribution in [0.5, 0.6) is 5.75 Å². The van der Waals surface area contributed by atoms with E-state index in [0.717, 1.165) is 10.9 Å². The molecule has 0 saturated heterocycles. The lowest BCUT2D eigenvalue weighted by Gasteiger charge is -1.97. The van der Waals surface area contributed by atoms with E-state index in [1.165, 1.54) is 0 Å². The van der Waals surface area contributed by atoms with Gasteiger partial charge in [-0.25, -0.2) is 0 Å². The van der Waals surface area contributed by atoms with E-state index in [2.05, 4.69) is 5.10 Å². The second-order valence-corrected chi connectivity index (χ2v) is 5.05. The van der Waals surface area contributed by atoms with Gasteiger partial charge in [-0.15, -0.1) is 0 Å². The molecule has 3 rings (SSSR count). The molecular formula is C16H16N2O3. The lowest BCUT2D eigenvalue weighted by molar-refractivity contribution is 0.101. The number of ether oxygens (including phenoxy) is 1. The van der Waals surface area contributed by atoms with Crippen LogP contribution >= 0.6 is 0 Å². The fourth-order valence-corrected chi connectivity index (χ4v) is 2.49. The lowest BCUT2D eigenvalue weighted by atomic mass is 10.1. The number of hydrogen-bond donors (Lipinski definition) is 0. The first-order valence-corrected chi connectivity index (χ1v) is 6.63. The van der Waals surface area contributed by atoms with Gasteiger partial charge in [0.15, 0.2) is 5.76 Å². The molecule has 0 fully saturated rings. The number of aromatic nitrogens is 2. The number of carbonyl (C=O) groups is 1. The second kappa shape index (κ2) is 4.77. The van der Waals surface area contributed by atoms with Crippen molar-refractivity contribution in [2.75, 3.05) is 7.11 Å². The molecule has 108 valence electrons. The van der Waals surface area contributed by atoms with E-state index >= 15 is 0 Å². The minimum atomic E-state index is -0.145. The summed E-state index contributed by atoms with van der Waals surface area (Å²) in [6, 6.07) is 5.55. The predicted molar refractivity (Wildman–Crippen MR) is 78.9 cm³/mol. The van der Waals surface area contributed by atoms with Crippen LogP contribution in [0.3, 0.4) is 0 Å². The lowest BCUT2D eigenvalue weighted by Crippen LogP contribution is -2.02. The molecule has 21 heavy (non-hydrogen) atoms. The summed E-state index contributed by atoms with van der Waals surface area (Å²) in [5, 5.41) is 5.12. The molecule has 2 aromatic heterocycles. The summed E-state index contributed by atoms with van der Waals surface area (Å²) in [6.07, 6.45) is 1.71. The number of fused-ring (bicyclic) bond motifs is 1. The molecule has 0 atom stereocenters. The van der Waals surface area contributed by atoms with Crippen LogP contribution in [-0.2, 0) is 7.05 Å². The molecule has 0 aliphatic heterocycles. The SMILES string of the molecule is COc1ccc2c(C)c(C(=O)c3cn(C)nc3C)oc2c1. The van der Waals surface area contributed by atoms with Crippen molar-refractivity contribution in [2.45, 2.75) is 13.8 Å². The highest BCUT2D eigenvalue weighted by atomic mass is 16.5. The van der Waals surface area contributed by atoms with Crippen molar-refractivity contribution >= 4 is 16.8 Å². The average Bonchev–Trinajstić information content (AvgIpc) is 2.97. The molecule has 0 spiro atoms. The summed E-state index contributed by atoms with van der Waals surface area (Å²) >= 11 is 0. The summed E-state index contributed by atoms with van der Waals surface area (Å²) in [6.45, 7) is 3.70. The number of methoxy groups -OCH3 is 1. The topological polar surface area (TPSA) is 57.3 Å². The number of furan rings is 1. The largest absolute Gasteiger partial charge is 0.497 e. The van der Waals surface area contributed by atoms with Gasteiger partial charge in [0.2, 0.25) is 5.78 Å². The number of carbonyl (C=O) groups excluding carboxylic acids is 1. The Morgan fingerprint density at radius 3 is 2.71 bits per heavy atom. The second-order valence-electron chi connectivity index (χ2n) is 5.05. The molecular weight excluding hydrogens is 268 g/mol. The quantitative estimate of drug-likeness (QED) is 0.694. The number of rotatable bonds is 3. The Labute approximate surface area is 122 Å². The maximum absolute atomic E-state index is 12.6. The van der Waals surface area contributed by atoms with E-state index < -0.39 is 0 Å². The van der Waals surface area contributed by atoms with Crippen LogP contribution in [0.2, 0.25) is 0 Å². The molecule has 0 saturated carbocycles. The van der Waals surface area contributed by atoms with E-state index in [0.29, 0.717) is 28.4 Å². The van der Waals surface area contributed by atoms with Crippen molar-refractivity contribution in [1.29, 1.82) is 0 Å². The Balaban J connectivity index is 2.14. The van der Waals surface area contributed by atoms with Gasteiger partial charge < -0.3 is 9.15 Å². The minimum absolute atomic E-state index is 0.145. The van der Waals surface area contributed by atoms with E-state index in [1.807, 2.05) is 26.0 Å². The van der Waals surface area contributed by atoms with Crippen LogP contribution < -0.4 is 4.74 Å². The van der Waals surface area contributed by atoms with Crippen LogP contribution in [0, 0.1) is 13.8 Å². The summed E-state index contributed by atoms with van der Waals surface area (Å²) in [7, 11) is 3.39. The molecule has 3 aromatic rings. The minimum Gasteiger partial charge on any atom is -0.497 e. The molecule has 2 heterocycles. The Morgan fingerprint density at radius 1 is 1.33 bits per heavy atom. The highest BCUT2D eigenvalue weighted by Gasteiger charge is 2.22. The first kappa shape index (κ1) is 13.4. The summed E-state index contributed by atoms with van der Waals surface area (Å²) in [5.74, 6) is 0.912. The first-order chi connectivity index (χ1) is 10.0. The fraction of sp³-hybridized carbons (Fsp3) is 0.250. The van der Waals surface area contributed by atoms with Gasteiger partial charge in [-0.05, 0) is 26.0 Å². The Kier molecular flexibility index (Phi) is 3.05. The fourth-order valence-electron chi connectivity index (χ4n) is 2.49. The highest BCUT2D eigenvalue weighted by Crippen LogP contribution is 2.30. The van der Waals surface area contributed by atoms with E-state index in [9.17, 15) is 4.79 Å². The average molecular weight is 284 g/mol. The monoisotopic (exact) mass is 284 g/mol. The smallest absolute Gasteiger partial charge is 0.231 e. The van der Waals surface area contributed by atoms with Crippen molar-refractivity contribution < 1.29 is 13.9 Å². The van der Waals surface area contributed by atoms with E-state index in [-0.39, 0.29) is 5.78 Å². The molecule has 0 aliphatic rings. The summed E-state index contributed by atoms with van der Waals surface area (Å²) < 4.78 is 12.6. The van der Waals surface area contributed by atoms with Crippen LogP contribution in [0.25, 0.3) is 11.0 Å². The van der Waals surface area contributed by atoms with Crippen LogP contribution in [0.4, 0.5) is 0 Å². The van der Waals surface area contributed by atoms with E-state index in [1.54, 1.807) is 31.1 Å². The molecule has 0 unspecified atom stereocenters. The Hall–Kier alpha value is -2.56. The van der Waals surface area contributed by atoms with Crippen molar-refractivity contribution in [1.82, 2.24) is 9.78 Å². The van der Waals surface area contributed by atoms with Crippen molar-refractivity contribution in [3.63, 3.8) is 0 Å². The third kappa shape index (κ3) is 2.11. The number of aryl methyl sites for hydroxylation is 3. The Morgan fingerprint density at radius 2 is 2.10 bits per heavy atom. The Bertz CT molecular complexity index is 843. The number of hydrogen-bond acceptors (Lipinski definition) is 4. The van der Waals surface area contributed by atoms with Crippen molar-refractivity contribution in [3.8, 4) is 5.75 Å². The van der Waals surface area contributed by atoms with Crippen molar-refractivity contribution in [3.05, 3.63) is 47.0 Å². The molecule has 0 amide bonds. The van der Waals surface area contributed by atoms with Gasteiger partial charge in [0.05, 0.1) is 18.4 Å². The van der Waals surface area contributed by atoms with Gasteiger partial charge in [0.1, 0.15) is 11.3 Å². The zero-order valence-corrected chi connectivity index (χ0v) is 12.4. The highest BCUT2D eigenvalue weighted by molar-refractivity contribution is 6.11. The van der Waals surface area contributed by atoms with Crippen LogP contribution in [0.15, 0.2) is 28.8 Å². The molecule has 0 N–H and O–H groups in total. The maximum atomic E-state index is 12.6. The van der Waals surface area contributed by atoms with Gasteiger partial charge in [0, 0.05) is 30.3 Å². The van der Waals surface area contributed by atoms with Gasteiger partial charge in [-0.2, -0.15) is 5.10 Å². The third-order valence-corrected chi connectivity index (χ3v) is 3.61.